The Bertz CT molecular complexity index is 470. The van der Waals surface area contributed by atoms with E-state index >= 15 is 0 Å². The largest absolute Gasteiger partial charge is 0.508 e. The van der Waals surface area contributed by atoms with Gasteiger partial charge in [-0.15, -0.1) is 0 Å². The van der Waals surface area contributed by atoms with Gasteiger partial charge in [-0.25, -0.2) is 8.42 Å². The van der Waals surface area contributed by atoms with Gasteiger partial charge in [-0.1, -0.05) is 12.1 Å². The third kappa shape index (κ3) is 4.75. The maximum atomic E-state index is 11.1. The fourth-order valence-electron chi connectivity index (χ4n) is 1.54. The van der Waals surface area contributed by atoms with E-state index in [0.29, 0.717) is 6.54 Å². The molecule has 5 heteroatoms. The molecule has 0 saturated carbocycles. The molecule has 0 aliphatic carbocycles. The molecular formula is C12H19NO3S. The van der Waals surface area contributed by atoms with Crippen LogP contribution in [0.15, 0.2) is 24.3 Å². The minimum Gasteiger partial charge on any atom is -0.508 e. The number of rotatable bonds is 5. The second-order valence-electron chi connectivity index (χ2n) is 4.38. The third-order valence-electron chi connectivity index (χ3n) is 2.83. The van der Waals surface area contributed by atoms with Gasteiger partial charge >= 0.3 is 0 Å². The van der Waals surface area contributed by atoms with Crippen LogP contribution < -0.4 is 0 Å². The van der Waals surface area contributed by atoms with Crippen LogP contribution in [-0.4, -0.2) is 44.0 Å². The molecular weight excluding hydrogens is 238 g/mol. The molecule has 0 aliphatic rings. The average molecular weight is 257 g/mol. The Hall–Kier alpha value is -1.07. The summed E-state index contributed by atoms with van der Waals surface area (Å²) in [4.78, 5) is 1.95. The zero-order valence-electron chi connectivity index (χ0n) is 10.4. The van der Waals surface area contributed by atoms with Crippen molar-refractivity contribution >= 4 is 9.84 Å². The summed E-state index contributed by atoms with van der Waals surface area (Å²) >= 11 is 0. The second kappa shape index (κ2) is 5.51. The molecule has 1 aromatic carbocycles. The second-order valence-corrected chi connectivity index (χ2v) is 6.64. The van der Waals surface area contributed by atoms with E-state index < -0.39 is 9.84 Å². The predicted molar refractivity (Wildman–Crippen MR) is 68.9 cm³/mol. The van der Waals surface area contributed by atoms with Gasteiger partial charge in [-0.05, 0) is 31.7 Å². The molecule has 17 heavy (non-hydrogen) atoms. The fraction of sp³-hybridized carbons (Fsp3) is 0.500. The normalized spacial score (nSPS) is 13.9. The quantitative estimate of drug-likeness (QED) is 0.867. The lowest BCUT2D eigenvalue weighted by Gasteiger charge is -2.24. The minimum atomic E-state index is -2.93. The van der Waals surface area contributed by atoms with Gasteiger partial charge in [0.15, 0.2) is 0 Å². The summed E-state index contributed by atoms with van der Waals surface area (Å²) in [6, 6.07) is 7.09. The van der Waals surface area contributed by atoms with Crippen molar-refractivity contribution in [3.63, 3.8) is 0 Å². The van der Waals surface area contributed by atoms with Gasteiger partial charge in [0.1, 0.15) is 15.6 Å². The van der Waals surface area contributed by atoms with Gasteiger partial charge in [-0.3, -0.25) is 4.90 Å². The highest BCUT2D eigenvalue weighted by atomic mass is 32.2. The Morgan fingerprint density at radius 3 is 2.59 bits per heavy atom. The van der Waals surface area contributed by atoms with Crippen LogP contribution in [0.4, 0.5) is 0 Å². The van der Waals surface area contributed by atoms with E-state index in [1.54, 1.807) is 18.2 Å². The molecule has 96 valence electrons. The van der Waals surface area contributed by atoms with E-state index in [9.17, 15) is 13.5 Å². The maximum absolute atomic E-state index is 11.1. The topological polar surface area (TPSA) is 57.6 Å². The van der Waals surface area contributed by atoms with E-state index in [1.807, 2.05) is 24.9 Å². The molecule has 0 saturated heterocycles. The summed E-state index contributed by atoms with van der Waals surface area (Å²) in [5.74, 6) is 0.373. The monoisotopic (exact) mass is 257 g/mol. The molecule has 0 aliphatic heterocycles. The van der Waals surface area contributed by atoms with E-state index in [-0.39, 0.29) is 17.5 Å². The number of hydrogen-bond donors (Lipinski definition) is 1. The summed E-state index contributed by atoms with van der Waals surface area (Å²) in [6.07, 6.45) is 1.24. The Morgan fingerprint density at radius 2 is 2.06 bits per heavy atom. The molecule has 0 spiro atoms. The van der Waals surface area contributed by atoms with Crippen molar-refractivity contribution in [1.29, 1.82) is 0 Å². The summed E-state index contributed by atoms with van der Waals surface area (Å²) in [7, 11) is -1.06. The Balaban J connectivity index is 2.67. The summed E-state index contributed by atoms with van der Waals surface area (Å²) in [5, 5.41) is 9.39. The van der Waals surface area contributed by atoms with E-state index in [2.05, 4.69) is 0 Å². The van der Waals surface area contributed by atoms with Crippen LogP contribution in [0.25, 0.3) is 0 Å². The highest BCUT2D eigenvalue weighted by Crippen LogP contribution is 2.21. The summed E-state index contributed by atoms with van der Waals surface area (Å²) < 4.78 is 22.2. The van der Waals surface area contributed by atoms with Crippen LogP contribution >= 0.6 is 0 Å². The van der Waals surface area contributed by atoms with Crippen LogP contribution in [0.2, 0.25) is 0 Å². The van der Waals surface area contributed by atoms with Crippen molar-refractivity contribution in [2.45, 2.75) is 13.0 Å². The minimum absolute atomic E-state index is 0.0730. The predicted octanol–water partition coefficient (Wildman–Crippen LogP) is 1.43. The van der Waals surface area contributed by atoms with Gasteiger partial charge in [-0.2, -0.15) is 0 Å². The average Bonchev–Trinajstić information content (AvgIpc) is 2.24. The first-order valence-electron chi connectivity index (χ1n) is 5.46. The van der Waals surface area contributed by atoms with E-state index in [4.69, 9.17) is 0 Å². The molecule has 4 nitrogen and oxygen atoms in total. The Morgan fingerprint density at radius 1 is 1.41 bits per heavy atom. The van der Waals surface area contributed by atoms with Gasteiger partial charge < -0.3 is 5.11 Å². The zero-order chi connectivity index (χ0) is 13.1. The number of nitrogens with zero attached hydrogens (tertiary/aromatic N) is 1. The van der Waals surface area contributed by atoms with E-state index in [1.165, 1.54) is 6.26 Å². The SMILES string of the molecule is CC(c1cccc(O)c1)N(C)CCS(C)(=O)=O. The van der Waals surface area contributed by atoms with Crippen LogP contribution in [0.1, 0.15) is 18.5 Å². The van der Waals surface area contributed by atoms with Gasteiger partial charge in [0.25, 0.3) is 0 Å². The Labute approximate surface area is 103 Å². The third-order valence-corrected chi connectivity index (χ3v) is 3.75. The summed E-state index contributed by atoms with van der Waals surface area (Å²) in [5.41, 5.74) is 0.973. The standard InChI is InChI=1S/C12H19NO3S/c1-10(11-5-4-6-12(14)9-11)13(2)7-8-17(3,15)16/h4-6,9-10,14H,7-8H2,1-3H3. The molecule has 0 heterocycles. The van der Waals surface area contributed by atoms with E-state index in [0.717, 1.165) is 5.56 Å². The molecule has 0 radical (unpaired) electrons. The fourth-order valence-corrected chi connectivity index (χ4v) is 2.16. The molecule has 1 unspecified atom stereocenters. The highest BCUT2D eigenvalue weighted by molar-refractivity contribution is 7.90. The lowest BCUT2D eigenvalue weighted by atomic mass is 10.1. The van der Waals surface area contributed by atoms with Crippen molar-refractivity contribution < 1.29 is 13.5 Å². The van der Waals surface area contributed by atoms with Crippen LogP contribution in [0.3, 0.4) is 0 Å². The lowest BCUT2D eigenvalue weighted by Crippen LogP contribution is -2.28. The molecule has 1 atom stereocenters. The highest BCUT2D eigenvalue weighted by Gasteiger charge is 2.13. The van der Waals surface area contributed by atoms with Crippen molar-refractivity contribution in [3.8, 4) is 5.75 Å². The van der Waals surface area contributed by atoms with Crippen molar-refractivity contribution in [1.82, 2.24) is 4.90 Å². The van der Waals surface area contributed by atoms with Gasteiger partial charge in [0.2, 0.25) is 0 Å². The molecule has 0 fully saturated rings. The molecule has 0 aromatic heterocycles. The molecule has 0 amide bonds. The number of hydrogen-bond acceptors (Lipinski definition) is 4. The number of sulfone groups is 1. The number of benzene rings is 1. The van der Waals surface area contributed by atoms with Crippen molar-refractivity contribution in [2.75, 3.05) is 25.6 Å². The molecule has 1 aromatic rings. The van der Waals surface area contributed by atoms with Crippen LogP contribution in [0.5, 0.6) is 5.75 Å². The molecule has 1 rings (SSSR count). The number of phenols is 1. The first-order chi connectivity index (χ1) is 7.79. The molecule has 1 N–H and O–H groups in total. The maximum Gasteiger partial charge on any atom is 0.148 e. The van der Waals surface area contributed by atoms with Crippen LogP contribution in [-0.2, 0) is 9.84 Å². The van der Waals surface area contributed by atoms with Gasteiger partial charge in [0.05, 0.1) is 5.75 Å². The zero-order valence-corrected chi connectivity index (χ0v) is 11.2. The smallest absolute Gasteiger partial charge is 0.148 e. The molecule has 0 bridgehead atoms. The summed E-state index contributed by atoms with van der Waals surface area (Å²) in [6.45, 7) is 2.46. The first kappa shape index (κ1) is 14.0. The van der Waals surface area contributed by atoms with Crippen LogP contribution in [0, 0.1) is 0 Å². The first-order valence-corrected chi connectivity index (χ1v) is 7.52. The lowest BCUT2D eigenvalue weighted by molar-refractivity contribution is 0.276. The Kier molecular flexibility index (Phi) is 4.54. The van der Waals surface area contributed by atoms with Crippen molar-refractivity contribution in [3.05, 3.63) is 29.8 Å². The van der Waals surface area contributed by atoms with Gasteiger partial charge in [0, 0.05) is 18.8 Å². The number of aromatic hydroxyl groups is 1. The number of phenolic OH excluding ortho intramolecular Hbond substituents is 1. The van der Waals surface area contributed by atoms with Crippen molar-refractivity contribution in [2.24, 2.45) is 0 Å².